The van der Waals surface area contributed by atoms with Gasteiger partial charge in [0.1, 0.15) is 5.82 Å². The van der Waals surface area contributed by atoms with Gasteiger partial charge in [-0.2, -0.15) is 4.98 Å². The van der Waals surface area contributed by atoms with Crippen LogP contribution in [0, 0.1) is 6.92 Å². The molecule has 0 radical (unpaired) electrons. The lowest BCUT2D eigenvalue weighted by molar-refractivity contribution is 0.491. The Morgan fingerprint density at radius 1 is 1.03 bits per heavy atom. The van der Waals surface area contributed by atoms with Gasteiger partial charge in [-0.25, -0.2) is 18.1 Å². The van der Waals surface area contributed by atoms with Gasteiger partial charge >= 0.3 is 0 Å². The molecule has 0 bridgehead atoms. The van der Waals surface area contributed by atoms with Crippen LogP contribution < -0.4 is 25.7 Å². The molecule has 176 valence electrons. The van der Waals surface area contributed by atoms with Crippen molar-refractivity contribution in [2.75, 3.05) is 10.6 Å². The minimum absolute atomic E-state index is 0.168. The Hall–Kier alpha value is -3.86. The van der Waals surface area contributed by atoms with Crippen molar-refractivity contribution in [3.8, 4) is 0 Å². The van der Waals surface area contributed by atoms with Crippen molar-refractivity contribution in [1.29, 1.82) is 0 Å². The highest BCUT2D eigenvalue weighted by molar-refractivity contribution is 7.89. The molecule has 11 nitrogen and oxygen atoms in total. The van der Waals surface area contributed by atoms with E-state index in [1.807, 2.05) is 31.2 Å². The van der Waals surface area contributed by atoms with Crippen LogP contribution in [0.15, 0.2) is 70.0 Å². The molecule has 1 aliphatic rings. The molecule has 0 fully saturated rings. The van der Waals surface area contributed by atoms with Crippen LogP contribution in [-0.4, -0.2) is 23.9 Å². The van der Waals surface area contributed by atoms with Gasteiger partial charge in [0, 0.05) is 34.2 Å². The average Bonchev–Trinajstić information content (AvgIpc) is 3.30. The van der Waals surface area contributed by atoms with E-state index < -0.39 is 15.6 Å². The smallest absolute Gasteiger partial charge is 0.288 e. The summed E-state index contributed by atoms with van der Waals surface area (Å²) in [5.74, 6) is 0.956. The molecule has 1 aliphatic heterocycles. The molecule has 4 rings (SSSR count). The highest BCUT2D eigenvalue weighted by atomic mass is 32.2. The van der Waals surface area contributed by atoms with Gasteiger partial charge in [0.2, 0.25) is 21.2 Å². The monoisotopic (exact) mass is 480 g/mol. The molecule has 1 aromatic heterocycles. The molecule has 0 saturated carbocycles. The second-order valence-electron chi connectivity index (χ2n) is 8.82. The summed E-state index contributed by atoms with van der Waals surface area (Å²) in [6.07, 6.45) is 1.41. The molecule has 12 heteroatoms. The summed E-state index contributed by atoms with van der Waals surface area (Å²) >= 11 is 0. The standard InChI is InChI=1S/C22H25N9O2S/c1-14-13-23-21(25-16-10-8-15(9-11-16)20-27-30-31-28-20)26-19(14)24-17-6-5-7-18(12-17)34(32,33)29-22(2,3)4/h5-13,20,29H,1-4H3,(H2,23,24,25,26)/p+1. The number of aromatic nitrogens is 2. The number of anilines is 4. The van der Waals surface area contributed by atoms with E-state index in [4.69, 9.17) is 0 Å². The molecule has 2 heterocycles. The van der Waals surface area contributed by atoms with Crippen LogP contribution in [0.4, 0.5) is 23.1 Å². The third-order valence-electron chi connectivity index (χ3n) is 4.69. The quantitative estimate of drug-likeness (QED) is 0.376. The predicted molar refractivity (Wildman–Crippen MR) is 129 cm³/mol. The molecular formula is C22H26N9O2S+. The first kappa shape index (κ1) is 23.3. The molecule has 1 atom stereocenters. The van der Waals surface area contributed by atoms with Gasteiger partial charge in [-0.3, -0.25) is 0 Å². The Morgan fingerprint density at radius 3 is 2.47 bits per heavy atom. The van der Waals surface area contributed by atoms with Crippen molar-refractivity contribution in [2.45, 2.75) is 44.3 Å². The van der Waals surface area contributed by atoms with Crippen molar-refractivity contribution < 1.29 is 8.42 Å². The number of nitrogens with one attached hydrogen (secondary N) is 4. The number of sulfonamides is 1. The van der Waals surface area contributed by atoms with Crippen molar-refractivity contribution in [3.05, 3.63) is 65.9 Å². The van der Waals surface area contributed by atoms with Crippen LogP contribution in [0.5, 0.6) is 0 Å². The fraction of sp³-hybridized carbons (Fsp3) is 0.273. The molecule has 1 unspecified atom stereocenters. The van der Waals surface area contributed by atoms with Crippen molar-refractivity contribution in [1.82, 2.24) is 25.0 Å². The molecule has 3 aromatic rings. The van der Waals surface area contributed by atoms with Gasteiger partial charge in [0.15, 0.2) is 0 Å². The Balaban J connectivity index is 1.50. The van der Waals surface area contributed by atoms with Crippen molar-refractivity contribution in [2.24, 2.45) is 10.3 Å². The van der Waals surface area contributed by atoms with Gasteiger partial charge in [0.05, 0.1) is 14.9 Å². The third-order valence-corrected chi connectivity index (χ3v) is 6.45. The molecule has 2 aromatic carbocycles. The largest absolute Gasteiger partial charge is 0.340 e. The van der Waals surface area contributed by atoms with E-state index in [0.717, 1.165) is 16.8 Å². The second-order valence-corrected chi connectivity index (χ2v) is 10.5. The molecule has 4 N–H and O–H groups in total. The zero-order valence-electron chi connectivity index (χ0n) is 19.2. The fourth-order valence-corrected chi connectivity index (χ4v) is 4.64. The summed E-state index contributed by atoms with van der Waals surface area (Å²) in [6.45, 7) is 7.26. The van der Waals surface area contributed by atoms with Crippen molar-refractivity contribution in [3.63, 3.8) is 0 Å². The van der Waals surface area contributed by atoms with Crippen LogP contribution in [0.25, 0.3) is 0 Å². The Labute approximate surface area is 197 Å². The van der Waals surface area contributed by atoms with E-state index in [1.54, 1.807) is 51.2 Å². The van der Waals surface area contributed by atoms with Crippen LogP contribution in [0.2, 0.25) is 0 Å². The molecule has 0 saturated heterocycles. The fourth-order valence-electron chi connectivity index (χ4n) is 3.17. The lowest BCUT2D eigenvalue weighted by Gasteiger charge is -2.20. The first-order chi connectivity index (χ1) is 16.1. The summed E-state index contributed by atoms with van der Waals surface area (Å²) in [6, 6.07) is 14.2. The first-order valence-electron chi connectivity index (χ1n) is 10.6. The molecule has 0 spiro atoms. The summed E-state index contributed by atoms with van der Waals surface area (Å²) < 4.78 is 28.0. The summed E-state index contributed by atoms with van der Waals surface area (Å²) in [5, 5.41) is 14.0. The van der Waals surface area contributed by atoms with E-state index in [-0.39, 0.29) is 11.1 Å². The minimum Gasteiger partial charge on any atom is -0.340 e. The maximum absolute atomic E-state index is 12.7. The number of benzene rings is 2. The Morgan fingerprint density at radius 2 is 1.79 bits per heavy atom. The first-order valence-corrected chi connectivity index (χ1v) is 12.0. The van der Waals surface area contributed by atoms with Gasteiger partial charge in [0.25, 0.3) is 6.17 Å². The number of nitrogens with zero attached hydrogens (tertiary/aromatic N) is 5. The summed E-state index contributed by atoms with van der Waals surface area (Å²) in [4.78, 5) is 12.6. The second kappa shape index (κ2) is 9.18. The van der Waals surface area contributed by atoms with E-state index in [2.05, 4.69) is 46.0 Å². The van der Waals surface area contributed by atoms with E-state index in [0.29, 0.717) is 17.5 Å². The highest BCUT2D eigenvalue weighted by Gasteiger charge is 2.22. The summed E-state index contributed by atoms with van der Waals surface area (Å²) in [5.41, 5.74) is 5.34. The lowest BCUT2D eigenvalue weighted by Crippen LogP contribution is -2.40. The molecule has 0 amide bonds. The van der Waals surface area contributed by atoms with E-state index in [9.17, 15) is 8.42 Å². The maximum atomic E-state index is 12.7. The zero-order valence-corrected chi connectivity index (χ0v) is 20.1. The van der Waals surface area contributed by atoms with Gasteiger partial charge < -0.3 is 10.6 Å². The number of rotatable bonds is 7. The SMILES string of the molecule is Cc1cnc(Nc2ccc(C3N=[N+]=NN3)cc2)nc1Nc1cccc(S(=O)(=O)NC(C)(C)C)c1. The van der Waals surface area contributed by atoms with E-state index in [1.165, 1.54) is 0 Å². The highest BCUT2D eigenvalue weighted by Crippen LogP contribution is 2.24. The average molecular weight is 481 g/mol. The normalized spacial score (nSPS) is 15.2. The number of aryl methyl sites for hydroxylation is 1. The molecule has 0 aliphatic carbocycles. The third kappa shape index (κ3) is 5.73. The summed E-state index contributed by atoms with van der Waals surface area (Å²) in [7, 11) is -3.66. The van der Waals surface area contributed by atoms with Crippen LogP contribution in [0.1, 0.15) is 38.1 Å². The van der Waals surface area contributed by atoms with Gasteiger partial charge in [-0.05, 0) is 58.0 Å². The number of hydrogen-bond acceptors (Lipinski definition) is 9. The minimum atomic E-state index is -3.66. The van der Waals surface area contributed by atoms with Gasteiger partial charge in [-0.15, -0.1) is 5.43 Å². The van der Waals surface area contributed by atoms with Crippen molar-refractivity contribution >= 4 is 33.2 Å². The number of hydrogen-bond donors (Lipinski definition) is 4. The lowest BCUT2D eigenvalue weighted by atomic mass is 10.1. The predicted octanol–water partition coefficient (Wildman–Crippen LogP) is 3.84. The zero-order chi connectivity index (χ0) is 24.3. The Bertz CT molecular complexity index is 1360. The maximum Gasteiger partial charge on any atom is 0.288 e. The van der Waals surface area contributed by atoms with Gasteiger partial charge in [-0.1, -0.05) is 18.2 Å². The molecule has 34 heavy (non-hydrogen) atoms. The Kier molecular flexibility index (Phi) is 6.29. The van der Waals surface area contributed by atoms with Crippen LogP contribution in [0.3, 0.4) is 0 Å². The van der Waals surface area contributed by atoms with E-state index >= 15 is 0 Å². The van der Waals surface area contributed by atoms with Crippen LogP contribution in [-0.2, 0) is 10.0 Å². The molecular weight excluding hydrogens is 454 g/mol. The van der Waals surface area contributed by atoms with Crippen LogP contribution >= 0.6 is 0 Å². The topological polar surface area (TPSA) is 147 Å².